The molecule has 5 rings (SSSR count). The lowest BCUT2D eigenvalue weighted by Crippen LogP contribution is -2.04. The lowest BCUT2D eigenvalue weighted by Gasteiger charge is -2.12. The maximum absolute atomic E-state index is 13.3. The summed E-state index contributed by atoms with van der Waals surface area (Å²) in [5.41, 5.74) is 15.3. The van der Waals surface area contributed by atoms with Crippen LogP contribution in [0, 0.1) is 5.82 Å². The first kappa shape index (κ1) is 23.0. The molecule has 3 aromatic carbocycles. The number of nitrogen functional groups attached to an aromatic ring is 2. The van der Waals surface area contributed by atoms with Crippen LogP contribution in [0.1, 0.15) is 5.56 Å². The van der Waals surface area contributed by atoms with Gasteiger partial charge in [0.05, 0.1) is 22.5 Å². The number of alkyl halides is 3. The average molecular weight is 490 g/mol. The number of nitrogens with one attached hydrogen (secondary N) is 1. The Morgan fingerprint density at radius 3 is 2.00 bits per heavy atom. The SMILES string of the molecule is Nc1nc(Nc2ccc3nc(-c4ccc(F)cc4)cc(N)c3c2)cc(-c2ccc(C(F)(F)F)cc2)n1. The third kappa shape index (κ3) is 4.74. The summed E-state index contributed by atoms with van der Waals surface area (Å²) in [5.74, 6) is -0.0258. The lowest BCUT2D eigenvalue weighted by molar-refractivity contribution is -0.137. The van der Waals surface area contributed by atoms with Crippen LogP contribution in [0.4, 0.5) is 40.7 Å². The van der Waals surface area contributed by atoms with E-state index in [4.69, 9.17) is 11.5 Å². The van der Waals surface area contributed by atoms with Crippen molar-refractivity contribution >= 4 is 34.0 Å². The summed E-state index contributed by atoms with van der Waals surface area (Å²) in [4.78, 5) is 12.9. The molecule has 5 N–H and O–H groups in total. The number of nitrogens with two attached hydrogens (primary N) is 2. The van der Waals surface area contributed by atoms with Gasteiger partial charge in [-0.15, -0.1) is 0 Å². The minimum absolute atomic E-state index is 0.0409. The summed E-state index contributed by atoms with van der Waals surface area (Å²) in [7, 11) is 0. The van der Waals surface area contributed by atoms with Crippen LogP contribution in [0.5, 0.6) is 0 Å². The Morgan fingerprint density at radius 2 is 1.33 bits per heavy atom. The number of anilines is 4. The number of hydrogen-bond acceptors (Lipinski definition) is 6. The molecular formula is C26H18F4N6. The number of pyridine rings is 1. The van der Waals surface area contributed by atoms with Gasteiger partial charge in [0.1, 0.15) is 11.6 Å². The summed E-state index contributed by atoms with van der Waals surface area (Å²) in [6, 6.07) is 19.3. The third-order valence-electron chi connectivity index (χ3n) is 5.50. The number of nitrogens with zero attached hydrogens (tertiary/aromatic N) is 3. The molecule has 0 fully saturated rings. The Bertz CT molecular complexity index is 1570. The minimum atomic E-state index is -4.43. The zero-order valence-corrected chi connectivity index (χ0v) is 18.5. The highest BCUT2D eigenvalue weighted by Gasteiger charge is 2.30. The van der Waals surface area contributed by atoms with Crippen molar-refractivity contribution in [1.29, 1.82) is 0 Å². The van der Waals surface area contributed by atoms with E-state index in [1.54, 1.807) is 42.5 Å². The van der Waals surface area contributed by atoms with Gasteiger partial charge in [0, 0.05) is 34.0 Å². The van der Waals surface area contributed by atoms with Gasteiger partial charge in [0.25, 0.3) is 0 Å². The molecule has 0 spiro atoms. The summed E-state index contributed by atoms with van der Waals surface area (Å²) >= 11 is 0. The maximum atomic E-state index is 13.3. The fourth-order valence-electron chi connectivity index (χ4n) is 3.75. The van der Waals surface area contributed by atoms with E-state index in [1.165, 1.54) is 24.3 Å². The van der Waals surface area contributed by atoms with E-state index in [9.17, 15) is 17.6 Å². The molecule has 0 saturated heterocycles. The van der Waals surface area contributed by atoms with E-state index in [0.29, 0.717) is 45.0 Å². The van der Waals surface area contributed by atoms with Gasteiger partial charge in [-0.2, -0.15) is 18.2 Å². The first-order chi connectivity index (χ1) is 17.2. The molecule has 0 bridgehead atoms. The van der Waals surface area contributed by atoms with Crippen LogP contribution < -0.4 is 16.8 Å². The van der Waals surface area contributed by atoms with Crippen molar-refractivity contribution in [3.8, 4) is 22.5 Å². The van der Waals surface area contributed by atoms with Gasteiger partial charge in [0.15, 0.2) is 0 Å². The molecule has 0 amide bonds. The van der Waals surface area contributed by atoms with E-state index < -0.39 is 11.7 Å². The summed E-state index contributed by atoms with van der Waals surface area (Å²) in [5, 5.41) is 3.82. The molecule has 0 aliphatic rings. The van der Waals surface area contributed by atoms with Crippen molar-refractivity contribution in [2.24, 2.45) is 0 Å². The standard InChI is InChI=1S/C26H18F4N6/c27-17-7-3-15(4-8-17)22-12-20(31)19-11-18(9-10-21(19)34-22)33-24-13-23(35-25(32)36-24)14-1-5-16(6-2-14)26(28,29)30/h1-13H,(H2,31,34)(H3,32,33,35,36). The third-order valence-corrected chi connectivity index (χ3v) is 5.50. The highest BCUT2D eigenvalue weighted by atomic mass is 19.4. The Morgan fingerprint density at radius 1 is 0.694 bits per heavy atom. The van der Waals surface area contributed by atoms with Crippen LogP contribution in [0.2, 0.25) is 0 Å². The summed E-state index contributed by atoms with van der Waals surface area (Å²) in [6.07, 6.45) is -4.43. The number of rotatable bonds is 4. The van der Waals surface area contributed by atoms with Gasteiger partial charge >= 0.3 is 6.18 Å². The highest BCUT2D eigenvalue weighted by Crippen LogP contribution is 2.32. The molecule has 0 unspecified atom stereocenters. The second-order valence-corrected chi connectivity index (χ2v) is 8.03. The van der Waals surface area contributed by atoms with Gasteiger partial charge in [-0.05, 0) is 60.7 Å². The molecule has 36 heavy (non-hydrogen) atoms. The second kappa shape index (κ2) is 8.81. The molecule has 0 aliphatic carbocycles. The van der Waals surface area contributed by atoms with E-state index >= 15 is 0 Å². The van der Waals surface area contributed by atoms with Crippen molar-refractivity contribution in [2.45, 2.75) is 6.18 Å². The molecule has 0 atom stereocenters. The van der Waals surface area contributed by atoms with Crippen LogP contribution >= 0.6 is 0 Å². The molecule has 0 aliphatic heterocycles. The van der Waals surface area contributed by atoms with Crippen LogP contribution in [-0.2, 0) is 6.18 Å². The van der Waals surface area contributed by atoms with Gasteiger partial charge in [-0.3, -0.25) is 0 Å². The van der Waals surface area contributed by atoms with Crippen LogP contribution in [0.3, 0.4) is 0 Å². The van der Waals surface area contributed by atoms with E-state index in [0.717, 1.165) is 17.7 Å². The molecule has 6 nitrogen and oxygen atoms in total. The van der Waals surface area contributed by atoms with Crippen LogP contribution in [-0.4, -0.2) is 15.0 Å². The zero-order chi connectivity index (χ0) is 25.4. The fourth-order valence-corrected chi connectivity index (χ4v) is 3.75. The Balaban J connectivity index is 1.44. The number of hydrogen-bond donors (Lipinski definition) is 3. The Labute approximate surface area is 202 Å². The first-order valence-electron chi connectivity index (χ1n) is 10.7. The molecular weight excluding hydrogens is 472 g/mol. The minimum Gasteiger partial charge on any atom is -0.398 e. The normalized spacial score (nSPS) is 11.6. The van der Waals surface area contributed by atoms with Crippen molar-refractivity contribution in [3.05, 3.63) is 90.2 Å². The van der Waals surface area contributed by atoms with E-state index in [2.05, 4.69) is 20.3 Å². The Kier molecular flexibility index (Phi) is 5.63. The smallest absolute Gasteiger partial charge is 0.398 e. The molecule has 2 heterocycles. The molecule has 10 heteroatoms. The zero-order valence-electron chi connectivity index (χ0n) is 18.5. The number of fused-ring (bicyclic) bond motifs is 1. The van der Waals surface area contributed by atoms with Crippen molar-refractivity contribution < 1.29 is 17.6 Å². The van der Waals surface area contributed by atoms with Gasteiger partial charge < -0.3 is 16.8 Å². The van der Waals surface area contributed by atoms with Crippen molar-refractivity contribution in [1.82, 2.24) is 15.0 Å². The molecule has 2 aromatic heterocycles. The quantitative estimate of drug-likeness (QED) is 0.251. The number of halogens is 4. The number of benzene rings is 3. The summed E-state index contributed by atoms with van der Waals surface area (Å²) in [6.45, 7) is 0. The van der Waals surface area contributed by atoms with Gasteiger partial charge in [-0.25, -0.2) is 14.4 Å². The van der Waals surface area contributed by atoms with Crippen molar-refractivity contribution in [2.75, 3.05) is 16.8 Å². The number of aromatic nitrogens is 3. The van der Waals surface area contributed by atoms with E-state index in [1.807, 2.05) is 0 Å². The molecule has 0 radical (unpaired) electrons. The largest absolute Gasteiger partial charge is 0.416 e. The van der Waals surface area contributed by atoms with Crippen LogP contribution in [0.25, 0.3) is 33.4 Å². The topological polar surface area (TPSA) is 103 Å². The van der Waals surface area contributed by atoms with E-state index in [-0.39, 0.29) is 11.8 Å². The van der Waals surface area contributed by atoms with Crippen LogP contribution in [0.15, 0.2) is 78.9 Å². The monoisotopic (exact) mass is 490 g/mol. The molecule has 180 valence electrons. The van der Waals surface area contributed by atoms with Gasteiger partial charge in [-0.1, -0.05) is 12.1 Å². The molecule has 5 aromatic rings. The second-order valence-electron chi connectivity index (χ2n) is 8.03. The maximum Gasteiger partial charge on any atom is 0.416 e. The lowest BCUT2D eigenvalue weighted by atomic mass is 10.1. The Hall–Kier alpha value is -4.73. The first-order valence-corrected chi connectivity index (χ1v) is 10.7. The van der Waals surface area contributed by atoms with Crippen molar-refractivity contribution in [3.63, 3.8) is 0 Å². The highest BCUT2D eigenvalue weighted by molar-refractivity contribution is 5.95. The fraction of sp³-hybridized carbons (Fsp3) is 0.0385. The average Bonchev–Trinajstić information content (AvgIpc) is 2.84. The summed E-state index contributed by atoms with van der Waals surface area (Å²) < 4.78 is 51.9. The van der Waals surface area contributed by atoms with Gasteiger partial charge in [0.2, 0.25) is 5.95 Å². The predicted molar refractivity (Wildman–Crippen MR) is 132 cm³/mol. The molecule has 0 saturated carbocycles. The predicted octanol–water partition coefficient (Wildman–Crippen LogP) is 6.42.